The number of nitriles is 1. The van der Waals surface area contributed by atoms with Crippen molar-refractivity contribution in [3.8, 4) is 28.7 Å². The van der Waals surface area contributed by atoms with Crippen LogP contribution in [0.25, 0.3) is 33.7 Å². The molecule has 3 atom stereocenters. The number of β-amino-alcohol motifs (C(OH)–C–C–N with tert-alkyl or cyclic N) is 1. The minimum atomic E-state index is -0.696. The van der Waals surface area contributed by atoms with Crippen molar-refractivity contribution in [1.82, 2.24) is 24.3 Å². The number of rotatable bonds is 8. The number of oxazole rings is 1. The van der Waals surface area contributed by atoms with E-state index in [0.29, 0.717) is 71.2 Å². The molecule has 1 amide bonds. The molecule has 0 spiro atoms. The standard InChI is InChI=1S/C42H44ClN7O5/c1-24-30(8-4-9-31(24)41-47-34-19-25(18-27(20-44)38(34)55-41)21-49-16-14-29(51)22-49)32-10-5-11-33(37(32)43)46-40(52)39-45-35-23-50(17-15-36(35)48(39)2)28-7-3-6-26(12-13-28)42(53)54/h4-5,8-11,18-19,26,28-29,51H,3,6-7,12-17,21-23H2,1-2H3,(H,46,52)(H,53,54)/t26?,28?,29-/m1/s1. The van der Waals surface area contributed by atoms with Gasteiger partial charge in [0.1, 0.15) is 11.6 Å². The molecule has 3 N–H and O–H groups in total. The quantitative estimate of drug-likeness (QED) is 0.141. The summed E-state index contributed by atoms with van der Waals surface area (Å²) in [4.78, 5) is 39.6. The summed E-state index contributed by atoms with van der Waals surface area (Å²) >= 11 is 7.05. The molecule has 1 saturated heterocycles. The smallest absolute Gasteiger partial charge is 0.306 e. The van der Waals surface area contributed by atoms with E-state index in [-0.39, 0.29) is 17.9 Å². The molecule has 8 rings (SSSR count). The number of carboxylic acids is 1. The third-order valence-corrected chi connectivity index (χ3v) is 12.1. The number of hydrogen-bond acceptors (Lipinski definition) is 9. The number of carbonyl (C=O) groups is 2. The van der Waals surface area contributed by atoms with Crippen LogP contribution in [0.1, 0.15) is 77.2 Å². The van der Waals surface area contributed by atoms with Crippen LogP contribution in [0, 0.1) is 24.2 Å². The van der Waals surface area contributed by atoms with E-state index in [4.69, 9.17) is 26.0 Å². The molecule has 1 aliphatic carbocycles. The van der Waals surface area contributed by atoms with Crippen molar-refractivity contribution in [2.24, 2.45) is 13.0 Å². The average Bonchev–Trinajstić information content (AvgIpc) is 3.82. The fourth-order valence-electron chi connectivity index (χ4n) is 8.73. The lowest BCUT2D eigenvalue weighted by Gasteiger charge is -2.33. The maximum atomic E-state index is 13.8. The zero-order valence-electron chi connectivity index (χ0n) is 31.0. The van der Waals surface area contributed by atoms with Crippen molar-refractivity contribution >= 4 is 40.3 Å². The molecule has 1 saturated carbocycles. The number of nitrogens with zero attached hydrogens (tertiary/aromatic N) is 6. The predicted molar refractivity (Wildman–Crippen MR) is 209 cm³/mol. The summed E-state index contributed by atoms with van der Waals surface area (Å²) in [5.74, 6) is -0.616. The van der Waals surface area contributed by atoms with Gasteiger partial charge >= 0.3 is 5.97 Å². The summed E-state index contributed by atoms with van der Waals surface area (Å²) in [6, 6.07) is 17.7. The molecule has 5 aromatic rings. The Bertz CT molecular complexity index is 2340. The summed E-state index contributed by atoms with van der Waals surface area (Å²) < 4.78 is 8.11. The van der Waals surface area contributed by atoms with Crippen LogP contribution in [0.5, 0.6) is 0 Å². The molecule has 13 heteroatoms. The van der Waals surface area contributed by atoms with Gasteiger partial charge in [-0.25, -0.2) is 9.97 Å². The summed E-state index contributed by atoms with van der Waals surface area (Å²) in [6.45, 7) is 5.47. The molecule has 55 heavy (non-hydrogen) atoms. The van der Waals surface area contributed by atoms with Crippen LogP contribution in [0.15, 0.2) is 52.9 Å². The molecule has 4 heterocycles. The Balaban J connectivity index is 1.01. The first-order valence-electron chi connectivity index (χ1n) is 19.0. The van der Waals surface area contributed by atoms with E-state index in [9.17, 15) is 25.1 Å². The number of benzene rings is 3. The second-order valence-corrected chi connectivity index (χ2v) is 15.6. The number of nitrogens with one attached hydrogen (secondary N) is 1. The Labute approximate surface area is 324 Å². The summed E-state index contributed by atoms with van der Waals surface area (Å²) in [6.07, 6.45) is 5.32. The fourth-order valence-corrected chi connectivity index (χ4v) is 9.00. The molecule has 284 valence electrons. The maximum absolute atomic E-state index is 13.8. The van der Waals surface area contributed by atoms with Gasteiger partial charge in [-0.3, -0.25) is 19.4 Å². The SMILES string of the molecule is Cc1c(-c2nc3cc(CN4CC[C@@H](O)C4)cc(C#N)c3o2)cccc1-c1cccc(NC(=O)c2nc3c(n2C)CCN(C2CCCC(C(=O)O)CC2)C3)c1Cl. The van der Waals surface area contributed by atoms with E-state index in [1.807, 2.05) is 61.0 Å². The summed E-state index contributed by atoms with van der Waals surface area (Å²) in [5, 5.41) is 32.9. The van der Waals surface area contributed by atoms with Crippen molar-refractivity contribution in [2.75, 3.05) is 25.0 Å². The Morgan fingerprint density at radius 1 is 1.04 bits per heavy atom. The lowest BCUT2D eigenvalue weighted by atomic mass is 9.96. The number of carboxylic acid groups (broad SMARTS) is 1. The van der Waals surface area contributed by atoms with Crippen molar-refractivity contribution in [1.29, 1.82) is 5.26 Å². The number of hydrogen-bond donors (Lipinski definition) is 3. The molecule has 0 radical (unpaired) electrons. The van der Waals surface area contributed by atoms with Crippen LogP contribution in [-0.2, 0) is 31.4 Å². The van der Waals surface area contributed by atoms with Crippen molar-refractivity contribution in [2.45, 2.75) is 77.1 Å². The zero-order chi connectivity index (χ0) is 38.4. The van der Waals surface area contributed by atoms with E-state index >= 15 is 0 Å². The van der Waals surface area contributed by atoms with Crippen LogP contribution in [0.3, 0.4) is 0 Å². The number of halogens is 1. The van der Waals surface area contributed by atoms with Gasteiger partial charge in [-0.15, -0.1) is 0 Å². The van der Waals surface area contributed by atoms with Gasteiger partial charge in [0.25, 0.3) is 5.91 Å². The van der Waals surface area contributed by atoms with E-state index in [1.165, 1.54) is 0 Å². The number of aliphatic hydroxyl groups excluding tert-OH is 1. The summed E-state index contributed by atoms with van der Waals surface area (Å²) in [5.41, 5.74) is 7.95. The van der Waals surface area contributed by atoms with Gasteiger partial charge < -0.3 is 24.5 Å². The van der Waals surface area contributed by atoms with Gasteiger partial charge in [-0.1, -0.05) is 42.3 Å². The number of aliphatic carboxylic acids is 1. The third-order valence-electron chi connectivity index (χ3n) is 11.7. The van der Waals surface area contributed by atoms with Gasteiger partial charge in [0.05, 0.1) is 34.0 Å². The molecule has 2 fully saturated rings. The molecule has 2 aromatic heterocycles. The van der Waals surface area contributed by atoms with Gasteiger partial charge in [0, 0.05) is 69.1 Å². The van der Waals surface area contributed by atoms with Crippen molar-refractivity contribution < 1.29 is 24.2 Å². The lowest BCUT2D eigenvalue weighted by molar-refractivity contribution is -0.142. The number of fused-ring (bicyclic) bond motifs is 2. The predicted octanol–water partition coefficient (Wildman–Crippen LogP) is 6.94. The Morgan fingerprint density at radius 2 is 1.84 bits per heavy atom. The van der Waals surface area contributed by atoms with Crippen LogP contribution < -0.4 is 5.32 Å². The van der Waals surface area contributed by atoms with Crippen LogP contribution in [-0.4, -0.2) is 78.2 Å². The monoisotopic (exact) mass is 761 g/mol. The number of aromatic nitrogens is 3. The largest absolute Gasteiger partial charge is 0.481 e. The van der Waals surface area contributed by atoms with Crippen molar-refractivity contribution in [3.05, 3.63) is 87.5 Å². The van der Waals surface area contributed by atoms with E-state index < -0.39 is 5.97 Å². The second kappa shape index (κ2) is 15.2. The van der Waals surface area contributed by atoms with E-state index in [1.54, 1.807) is 6.07 Å². The van der Waals surface area contributed by atoms with Crippen LogP contribution in [0.4, 0.5) is 5.69 Å². The Hall–Kier alpha value is -5.06. The molecule has 3 aromatic carbocycles. The minimum absolute atomic E-state index is 0.266. The van der Waals surface area contributed by atoms with Crippen LogP contribution >= 0.6 is 11.6 Å². The Morgan fingerprint density at radius 3 is 2.62 bits per heavy atom. The fraction of sp³-hybridized carbons (Fsp3) is 0.405. The van der Waals surface area contributed by atoms with E-state index in [2.05, 4.69) is 21.2 Å². The van der Waals surface area contributed by atoms with Gasteiger partial charge in [0.15, 0.2) is 11.4 Å². The topological polar surface area (TPSA) is 161 Å². The lowest BCUT2D eigenvalue weighted by Crippen LogP contribution is -2.39. The van der Waals surface area contributed by atoms with Crippen LogP contribution in [0.2, 0.25) is 5.02 Å². The number of anilines is 1. The number of likely N-dealkylation sites (tertiary alicyclic amines) is 1. The highest BCUT2D eigenvalue weighted by atomic mass is 35.5. The first kappa shape index (κ1) is 36.9. The molecule has 0 bridgehead atoms. The molecular formula is C42H44ClN7O5. The highest BCUT2D eigenvalue weighted by Crippen LogP contribution is 2.40. The first-order valence-corrected chi connectivity index (χ1v) is 19.4. The highest BCUT2D eigenvalue weighted by molar-refractivity contribution is 6.36. The van der Waals surface area contributed by atoms with E-state index in [0.717, 1.165) is 90.8 Å². The summed E-state index contributed by atoms with van der Waals surface area (Å²) in [7, 11) is 1.87. The van der Waals surface area contributed by atoms with Gasteiger partial charge in [0.2, 0.25) is 5.89 Å². The maximum Gasteiger partial charge on any atom is 0.306 e. The van der Waals surface area contributed by atoms with Gasteiger partial charge in [-0.05, 0) is 80.0 Å². The minimum Gasteiger partial charge on any atom is -0.481 e. The van der Waals surface area contributed by atoms with Gasteiger partial charge in [-0.2, -0.15) is 5.26 Å². The zero-order valence-corrected chi connectivity index (χ0v) is 31.8. The molecule has 2 unspecified atom stereocenters. The molecule has 3 aliphatic rings. The first-order chi connectivity index (χ1) is 26.6. The third kappa shape index (κ3) is 7.25. The second-order valence-electron chi connectivity index (χ2n) is 15.2. The highest BCUT2D eigenvalue weighted by Gasteiger charge is 2.32. The number of carbonyl (C=O) groups excluding carboxylic acids is 1. The Kier molecular flexibility index (Phi) is 10.2. The normalized spacial score (nSPS) is 20.6. The average molecular weight is 762 g/mol. The van der Waals surface area contributed by atoms with Crippen molar-refractivity contribution in [3.63, 3.8) is 0 Å². The molecule has 12 nitrogen and oxygen atoms in total. The molecule has 2 aliphatic heterocycles. The number of aliphatic hydroxyl groups is 1. The molecular weight excluding hydrogens is 718 g/mol. The number of amides is 1. The number of imidazole rings is 1.